The van der Waals surface area contributed by atoms with Crippen LogP contribution in [0.15, 0.2) is 109 Å². The second-order valence-electron chi connectivity index (χ2n) is 12.7. The van der Waals surface area contributed by atoms with Crippen LogP contribution in [0.25, 0.3) is 55.0 Å². The molecule has 246 valence electrons. The van der Waals surface area contributed by atoms with Crippen molar-refractivity contribution in [3.8, 4) is 34.4 Å². The standard InChI is InChI=1S/C43H34N2O5/c1-47-29-11-15-39-35(21-29)36-22-30(48-2)12-16-40(36)44(39)27-9-7-25-5-6-26-8-10-28(20-34(26)43(46)33(25)19-27)45-41-17-13-31(49-3)23-37(41)38-24-32(50-4)14-18-42(38)45/h7-24H,5-6H2,1-4H3. The van der Waals surface area contributed by atoms with E-state index in [-0.39, 0.29) is 5.78 Å². The van der Waals surface area contributed by atoms with Crippen LogP contribution >= 0.6 is 0 Å². The Labute approximate surface area is 288 Å². The van der Waals surface area contributed by atoms with E-state index >= 15 is 0 Å². The molecule has 0 saturated heterocycles. The summed E-state index contributed by atoms with van der Waals surface area (Å²) >= 11 is 0. The minimum atomic E-state index is 0.0319. The first-order valence-corrected chi connectivity index (χ1v) is 16.6. The van der Waals surface area contributed by atoms with E-state index in [1.807, 2.05) is 24.3 Å². The fourth-order valence-corrected chi connectivity index (χ4v) is 7.71. The quantitative estimate of drug-likeness (QED) is 0.178. The monoisotopic (exact) mass is 658 g/mol. The Morgan fingerprint density at radius 3 is 1.04 bits per heavy atom. The van der Waals surface area contributed by atoms with Crippen LogP contribution in [0.2, 0.25) is 0 Å². The second-order valence-corrected chi connectivity index (χ2v) is 12.7. The lowest BCUT2D eigenvalue weighted by Gasteiger charge is -2.14. The molecule has 0 atom stereocenters. The van der Waals surface area contributed by atoms with Crippen LogP contribution in [0, 0.1) is 0 Å². The van der Waals surface area contributed by atoms with E-state index in [9.17, 15) is 4.79 Å². The Kier molecular flexibility index (Phi) is 6.84. The number of ketones is 1. The maximum absolute atomic E-state index is 14.7. The number of benzene rings is 6. The van der Waals surface area contributed by atoms with Gasteiger partial charge in [-0.3, -0.25) is 4.79 Å². The number of carbonyl (C=O) groups excluding carboxylic acids is 1. The number of hydrogen-bond acceptors (Lipinski definition) is 5. The predicted molar refractivity (Wildman–Crippen MR) is 199 cm³/mol. The molecule has 1 aliphatic carbocycles. The molecule has 0 bridgehead atoms. The summed E-state index contributed by atoms with van der Waals surface area (Å²) < 4.78 is 26.8. The molecule has 9 rings (SSSR count). The number of aryl methyl sites for hydroxylation is 2. The van der Waals surface area contributed by atoms with Crippen molar-refractivity contribution < 1.29 is 23.7 Å². The minimum absolute atomic E-state index is 0.0319. The van der Waals surface area contributed by atoms with Gasteiger partial charge in [-0.25, -0.2) is 0 Å². The van der Waals surface area contributed by atoms with Crippen molar-refractivity contribution >= 4 is 49.4 Å². The highest BCUT2D eigenvalue weighted by atomic mass is 16.5. The number of hydrogen-bond donors (Lipinski definition) is 0. The van der Waals surface area contributed by atoms with E-state index in [4.69, 9.17) is 18.9 Å². The van der Waals surface area contributed by atoms with E-state index in [0.29, 0.717) is 0 Å². The number of carbonyl (C=O) groups is 1. The maximum atomic E-state index is 14.7. The van der Waals surface area contributed by atoms with Crippen molar-refractivity contribution in [3.63, 3.8) is 0 Å². The van der Waals surface area contributed by atoms with E-state index in [1.165, 1.54) is 0 Å². The molecule has 7 nitrogen and oxygen atoms in total. The normalized spacial score (nSPS) is 12.7. The predicted octanol–water partition coefficient (Wildman–Crippen LogP) is 9.24. The molecule has 8 aromatic rings. The first-order chi connectivity index (χ1) is 24.5. The summed E-state index contributed by atoms with van der Waals surface area (Å²) in [5.74, 6) is 3.16. The van der Waals surface area contributed by atoms with Crippen molar-refractivity contribution in [2.45, 2.75) is 12.8 Å². The number of ether oxygens (including phenoxy) is 4. The summed E-state index contributed by atoms with van der Waals surface area (Å²) in [4.78, 5) is 14.7. The van der Waals surface area contributed by atoms with E-state index in [0.717, 1.165) is 113 Å². The Morgan fingerprint density at radius 1 is 0.420 bits per heavy atom. The molecule has 7 heteroatoms. The molecule has 0 aliphatic heterocycles. The molecular formula is C43H34N2O5. The van der Waals surface area contributed by atoms with Gasteiger partial charge in [0.1, 0.15) is 23.0 Å². The SMILES string of the molecule is COc1ccc2c(c1)c1cc(OC)ccc1n2-c1ccc2c(c1)C(=O)c1cc(-n3c4ccc(OC)cc4c4cc(OC)ccc43)ccc1CC2. The average molecular weight is 659 g/mol. The molecule has 0 radical (unpaired) electrons. The number of nitrogens with zero attached hydrogens (tertiary/aromatic N) is 2. The van der Waals surface area contributed by atoms with Crippen LogP contribution in [-0.2, 0) is 12.8 Å². The molecule has 0 amide bonds. The first-order valence-electron chi connectivity index (χ1n) is 16.6. The van der Waals surface area contributed by atoms with Crippen molar-refractivity contribution in [1.29, 1.82) is 0 Å². The minimum Gasteiger partial charge on any atom is -0.497 e. The van der Waals surface area contributed by atoms with Crippen molar-refractivity contribution in [2.75, 3.05) is 28.4 Å². The molecule has 50 heavy (non-hydrogen) atoms. The third-order valence-corrected chi connectivity index (χ3v) is 10.2. The Balaban J connectivity index is 1.21. The molecule has 2 aromatic heterocycles. The van der Waals surface area contributed by atoms with Gasteiger partial charge in [0.25, 0.3) is 0 Å². The molecule has 0 fully saturated rings. The lowest BCUT2D eigenvalue weighted by atomic mass is 9.97. The lowest BCUT2D eigenvalue weighted by molar-refractivity contribution is 0.103. The van der Waals surface area contributed by atoms with Crippen LogP contribution < -0.4 is 18.9 Å². The van der Waals surface area contributed by atoms with Gasteiger partial charge in [-0.1, -0.05) is 12.1 Å². The Hall–Kier alpha value is -6.21. The zero-order chi connectivity index (χ0) is 34.1. The number of methoxy groups -OCH3 is 4. The molecule has 0 N–H and O–H groups in total. The average Bonchev–Trinajstić information content (AvgIpc) is 3.62. The van der Waals surface area contributed by atoms with Gasteiger partial charge in [-0.15, -0.1) is 0 Å². The molecule has 2 heterocycles. The Bertz CT molecular complexity index is 2380. The van der Waals surface area contributed by atoms with Gasteiger partial charge in [0.15, 0.2) is 5.78 Å². The van der Waals surface area contributed by atoms with Crippen LogP contribution in [0.1, 0.15) is 27.0 Å². The maximum Gasteiger partial charge on any atom is 0.193 e. The van der Waals surface area contributed by atoms with Gasteiger partial charge >= 0.3 is 0 Å². The molecule has 1 aliphatic rings. The van der Waals surface area contributed by atoms with Gasteiger partial charge in [0, 0.05) is 44.0 Å². The van der Waals surface area contributed by atoms with Crippen LogP contribution in [0.3, 0.4) is 0 Å². The first kappa shape index (κ1) is 29.9. The van der Waals surface area contributed by atoms with Crippen LogP contribution in [0.5, 0.6) is 23.0 Å². The fraction of sp³-hybridized carbons (Fsp3) is 0.140. The van der Waals surface area contributed by atoms with Crippen molar-refractivity contribution in [3.05, 3.63) is 131 Å². The van der Waals surface area contributed by atoms with E-state index < -0.39 is 0 Å². The second kappa shape index (κ2) is 11.4. The van der Waals surface area contributed by atoms with Gasteiger partial charge in [0.05, 0.1) is 50.5 Å². The molecule has 0 unspecified atom stereocenters. The molecular weight excluding hydrogens is 624 g/mol. The van der Waals surface area contributed by atoms with E-state index in [2.05, 4.69) is 94.1 Å². The Morgan fingerprint density at radius 2 is 0.740 bits per heavy atom. The fourth-order valence-electron chi connectivity index (χ4n) is 7.71. The summed E-state index contributed by atoms with van der Waals surface area (Å²) in [5.41, 5.74) is 9.52. The molecule has 0 saturated carbocycles. The largest absolute Gasteiger partial charge is 0.497 e. The number of aromatic nitrogens is 2. The van der Waals surface area contributed by atoms with Gasteiger partial charge in [-0.2, -0.15) is 0 Å². The highest BCUT2D eigenvalue weighted by molar-refractivity contribution is 6.14. The smallest absolute Gasteiger partial charge is 0.193 e. The number of rotatable bonds is 6. The zero-order valence-corrected chi connectivity index (χ0v) is 28.2. The molecule has 0 spiro atoms. The third kappa shape index (κ3) is 4.46. The summed E-state index contributed by atoms with van der Waals surface area (Å²) in [6, 6.07) is 37.0. The highest BCUT2D eigenvalue weighted by Gasteiger charge is 2.25. The summed E-state index contributed by atoms with van der Waals surface area (Å²) in [6.45, 7) is 0. The topological polar surface area (TPSA) is 63.9 Å². The zero-order valence-electron chi connectivity index (χ0n) is 28.2. The molecule has 6 aromatic carbocycles. The summed E-state index contributed by atoms with van der Waals surface area (Å²) in [7, 11) is 6.71. The summed E-state index contributed by atoms with van der Waals surface area (Å²) in [6.07, 6.45) is 1.56. The van der Waals surface area contributed by atoms with Gasteiger partial charge in [0.2, 0.25) is 0 Å². The van der Waals surface area contributed by atoms with Gasteiger partial charge in [-0.05, 0) is 121 Å². The highest BCUT2D eigenvalue weighted by Crippen LogP contribution is 2.39. The third-order valence-electron chi connectivity index (χ3n) is 10.2. The van der Waals surface area contributed by atoms with E-state index in [1.54, 1.807) is 28.4 Å². The van der Waals surface area contributed by atoms with Crippen LogP contribution in [-0.4, -0.2) is 43.4 Å². The lowest BCUT2D eigenvalue weighted by Crippen LogP contribution is -2.07. The van der Waals surface area contributed by atoms with Crippen molar-refractivity contribution in [1.82, 2.24) is 9.13 Å². The number of fused-ring (bicyclic) bond motifs is 8. The summed E-state index contributed by atoms with van der Waals surface area (Å²) in [5, 5.41) is 4.21. The van der Waals surface area contributed by atoms with Gasteiger partial charge < -0.3 is 28.1 Å². The van der Waals surface area contributed by atoms with Crippen molar-refractivity contribution in [2.24, 2.45) is 0 Å². The van der Waals surface area contributed by atoms with Crippen LogP contribution in [0.4, 0.5) is 0 Å².